The zero-order valence-corrected chi connectivity index (χ0v) is 20.5. The number of ether oxygens (including phenoxy) is 1. The van der Waals surface area contributed by atoms with Crippen molar-refractivity contribution in [1.82, 2.24) is 0 Å². The molecule has 1 aliphatic heterocycles. The van der Waals surface area contributed by atoms with Gasteiger partial charge in [0.2, 0.25) is 0 Å². The largest absolute Gasteiger partial charge is 0.508 e. The molecule has 1 aliphatic rings. The number of carbonyl (C=O) groups excluding carboxylic acids is 1. The lowest BCUT2D eigenvalue weighted by Gasteiger charge is -2.26. The Hall–Kier alpha value is -5.64. The number of rotatable bonds is 3. The first kappa shape index (κ1) is 24.7. The Morgan fingerprint density at radius 1 is 0.675 bits per heavy atom. The molecule has 10 nitrogen and oxygen atoms in total. The Morgan fingerprint density at radius 2 is 1.35 bits per heavy atom. The molecule has 1 aromatic heterocycles. The van der Waals surface area contributed by atoms with E-state index in [2.05, 4.69) is 0 Å². The smallest absolute Gasteiger partial charge is 0.197 e. The minimum absolute atomic E-state index is 0.0154. The number of fused-ring (bicyclic) bond motifs is 2. The molecule has 4 aromatic carbocycles. The van der Waals surface area contributed by atoms with Crippen molar-refractivity contribution in [2.75, 3.05) is 0 Å². The van der Waals surface area contributed by atoms with E-state index >= 15 is 0 Å². The first-order chi connectivity index (χ1) is 19.1. The van der Waals surface area contributed by atoms with E-state index in [0.29, 0.717) is 11.1 Å². The molecule has 0 bridgehead atoms. The van der Waals surface area contributed by atoms with Crippen LogP contribution in [0, 0.1) is 0 Å². The van der Waals surface area contributed by atoms with E-state index in [0.717, 1.165) is 18.2 Å². The van der Waals surface area contributed by atoms with E-state index in [-0.39, 0.29) is 68.6 Å². The number of hydrogen-bond acceptors (Lipinski definition) is 10. The van der Waals surface area contributed by atoms with Crippen LogP contribution in [0.2, 0.25) is 0 Å². The van der Waals surface area contributed by atoms with Gasteiger partial charge in [0.25, 0.3) is 0 Å². The van der Waals surface area contributed by atoms with Crippen molar-refractivity contribution in [3.63, 3.8) is 0 Å². The van der Waals surface area contributed by atoms with Crippen molar-refractivity contribution >= 4 is 16.8 Å². The lowest BCUT2D eigenvalue weighted by molar-refractivity contribution is 0.0845. The van der Waals surface area contributed by atoms with Crippen LogP contribution in [0.15, 0.2) is 75.9 Å². The third-order valence-corrected chi connectivity index (χ3v) is 6.74. The summed E-state index contributed by atoms with van der Waals surface area (Å²) in [5.74, 6) is -2.08. The van der Waals surface area contributed by atoms with Gasteiger partial charge in [-0.1, -0.05) is 6.07 Å². The molecule has 0 spiro atoms. The van der Waals surface area contributed by atoms with Crippen LogP contribution in [-0.4, -0.2) is 36.4 Å². The molecule has 0 saturated carbocycles. The highest BCUT2D eigenvalue weighted by Crippen LogP contribution is 2.44. The summed E-state index contributed by atoms with van der Waals surface area (Å²) in [4.78, 5) is 25.5. The highest BCUT2D eigenvalue weighted by molar-refractivity contribution is 6.02. The van der Waals surface area contributed by atoms with Crippen molar-refractivity contribution in [3.8, 4) is 62.7 Å². The minimum Gasteiger partial charge on any atom is -0.508 e. The maximum Gasteiger partial charge on any atom is 0.197 e. The monoisotopic (exact) mass is 540 g/mol. The van der Waals surface area contributed by atoms with Crippen molar-refractivity contribution in [1.29, 1.82) is 0 Å². The topological polar surface area (TPSA) is 178 Å². The molecule has 6 N–H and O–H groups in total. The normalized spacial score (nSPS) is 14.6. The molecule has 40 heavy (non-hydrogen) atoms. The molecule has 2 heterocycles. The summed E-state index contributed by atoms with van der Waals surface area (Å²) in [5.41, 5.74) is 0.565. The predicted molar refractivity (Wildman–Crippen MR) is 142 cm³/mol. The zero-order chi connectivity index (χ0) is 28.3. The number of hydrogen-bond donors (Lipinski definition) is 6. The van der Waals surface area contributed by atoms with Gasteiger partial charge in [0.05, 0.1) is 6.42 Å². The summed E-state index contributed by atoms with van der Waals surface area (Å²) in [6.45, 7) is 0. The van der Waals surface area contributed by atoms with Gasteiger partial charge in [0.15, 0.2) is 11.2 Å². The minimum atomic E-state index is -0.815. The summed E-state index contributed by atoms with van der Waals surface area (Å²) in [6, 6.07) is 14.5. The summed E-state index contributed by atoms with van der Waals surface area (Å²) in [6.07, 6.45) is -0.937. The highest BCUT2D eigenvalue weighted by Gasteiger charge is 2.31. The number of carbonyl (C=O) groups is 1. The van der Waals surface area contributed by atoms with Crippen LogP contribution in [0.3, 0.4) is 0 Å². The van der Waals surface area contributed by atoms with Gasteiger partial charge in [-0.05, 0) is 35.9 Å². The van der Waals surface area contributed by atoms with E-state index < -0.39 is 28.8 Å². The first-order valence-corrected chi connectivity index (χ1v) is 12.0. The predicted octanol–water partition coefficient (Wildman–Crippen LogP) is 5.07. The zero-order valence-electron chi connectivity index (χ0n) is 20.5. The molecular formula is C30H20O10. The van der Waals surface area contributed by atoms with Gasteiger partial charge in [-0.15, -0.1) is 0 Å². The van der Waals surface area contributed by atoms with Crippen molar-refractivity contribution in [2.24, 2.45) is 0 Å². The van der Waals surface area contributed by atoms with E-state index in [9.17, 15) is 40.2 Å². The molecule has 1 unspecified atom stereocenters. The summed E-state index contributed by atoms with van der Waals surface area (Å²) < 4.78 is 11.7. The Kier molecular flexibility index (Phi) is 5.54. The van der Waals surface area contributed by atoms with Crippen LogP contribution < -0.4 is 10.2 Å². The number of aromatic hydroxyl groups is 6. The van der Waals surface area contributed by atoms with Gasteiger partial charge in [-0.2, -0.15) is 0 Å². The number of Topliss-reactive ketones (excluding diaryl/α,β-unsaturated/α-hetero) is 1. The van der Waals surface area contributed by atoms with E-state index in [1.807, 2.05) is 0 Å². The maximum absolute atomic E-state index is 12.8. The maximum atomic E-state index is 12.8. The van der Waals surface area contributed by atoms with Crippen molar-refractivity contribution in [3.05, 3.63) is 88.1 Å². The van der Waals surface area contributed by atoms with Crippen molar-refractivity contribution < 1.29 is 44.6 Å². The van der Waals surface area contributed by atoms with Gasteiger partial charge < -0.3 is 39.8 Å². The third kappa shape index (κ3) is 4.08. The van der Waals surface area contributed by atoms with Crippen LogP contribution >= 0.6 is 0 Å². The van der Waals surface area contributed by atoms with Gasteiger partial charge in [0.1, 0.15) is 68.6 Å². The molecular weight excluding hydrogens is 520 g/mol. The van der Waals surface area contributed by atoms with E-state index in [1.165, 1.54) is 42.5 Å². The second-order valence-electron chi connectivity index (χ2n) is 9.39. The van der Waals surface area contributed by atoms with Crippen LogP contribution in [0.1, 0.15) is 28.4 Å². The van der Waals surface area contributed by atoms with Crippen LogP contribution in [-0.2, 0) is 0 Å². The summed E-state index contributed by atoms with van der Waals surface area (Å²) >= 11 is 0. The fourth-order valence-electron chi connectivity index (χ4n) is 4.88. The molecule has 0 saturated heterocycles. The molecule has 0 amide bonds. The molecule has 0 fully saturated rings. The number of ketones is 1. The quantitative estimate of drug-likeness (QED) is 0.181. The van der Waals surface area contributed by atoms with Crippen LogP contribution in [0.25, 0.3) is 33.4 Å². The molecule has 6 rings (SSSR count). The Morgan fingerprint density at radius 3 is 2.12 bits per heavy atom. The van der Waals surface area contributed by atoms with Gasteiger partial charge in [0, 0.05) is 47.0 Å². The molecule has 10 heteroatoms. The molecule has 0 radical (unpaired) electrons. The van der Waals surface area contributed by atoms with Crippen LogP contribution in [0.4, 0.5) is 0 Å². The van der Waals surface area contributed by atoms with Gasteiger partial charge >= 0.3 is 0 Å². The Bertz CT molecular complexity index is 1920. The second-order valence-corrected chi connectivity index (χ2v) is 9.39. The fourth-order valence-corrected chi connectivity index (χ4v) is 4.88. The third-order valence-electron chi connectivity index (χ3n) is 6.74. The second kappa shape index (κ2) is 8.98. The molecule has 200 valence electrons. The average molecular weight is 540 g/mol. The standard InChI is InChI=1S/C30H20O10/c31-15-7-21(35)29-23(37)11-25(39-27(29)9-15)13-1-3-19(33)17(5-13)18-6-14(2-4-20(18)34)26-12-24(38)30-22(36)8-16(32)10-28(30)40-26/h1-11,26,31-36H,12H2. The molecule has 5 aromatic rings. The SMILES string of the molecule is O=C1CC(c2ccc(O)c(-c3cc(-c4cc(=O)c5c(O)cc(O)cc5o4)ccc3O)c2)Oc2cc(O)cc(O)c21. The number of phenolic OH excluding ortho intramolecular Hbond substituents is 6. The summed E-state index contributed by atoms with van der Waals surface area (Å²) in [5, 5.41) is 61.0. The van der Waals surface area contributed by atoms with E-state index in [4.69, 9.17) is 9.15 Å². The number of benzene rings is 4. The van der Waals surface area contributed by atoms with Crippen LogP contribution in [0.5, 0.6) is 40.2 Å². The average Bonchev–Trinajstić information content (AvgIpc) is 2.88. The highest BCUT2D eigenvalue weighted by atomic mass is 16.5. The van der Waals surface area contributed by atoms with Crippen molar-refractivity contribution in [2.45, 2.75) is 12.5 Å². The van der Waals surface area contributed by atoms with E-state index in [1.54, 1.807) is 6.07 Å². The van der Waals surface area contributed by atoms with Gasteiger partial charge in [-0.3, -0.25) is 9.59 Å². The first-order valence-electron chi connectivity index (χ1n) is 12.0. The Labute approximate surface area is 224 Å². The lowest BCUT2D eigenvalue weighted by Crippen LogP contribution is -2.20. The molecule has 0 aliphatic carbocycles. The van der Waals surface area contributed by atoms with Gasteiger partial charge in [-0.25, -0.2) is 0 Å². The summed E-state index contributed by atoms with van der Waals surface area (Å²) in [7, 11) is 0. The Balaban J connectivity index is 1.42. The number of phenols is 6. The fraction of sp³-hybridized carbons (Fsp3) is 0.0667. The lowest BCUT2D eigenvalue weighted by atomic mass is 9.92. The molecule has 1 atom stereocenters.